The van der Waals surface area contributed by atoms with Crippen LogP contribution >= 0.6 is 23.2 Å². The van der Waals surface area contributed by atoms with Crippen molar-refractivity contribution < 1.29 is 4.74 Å². The van der Waals surface area contributed by atoms with Gasteiger partial charge >= 0.3 is 0 Å². The van der Waals surface area contributed by atoms with Crippen LogP contribution in [-0.4, -0.2) is 12.5 Å². The first-order valence-electron chi connectivity index (χ1n) is 4.28. The van der Waals surface area contributed by atoms with Crippen molar-refractivity contribution in [1.29, 1.82) is 5.41 Å². The number of nitrogens with one attached hydrogen (secondary N) is 1. The number of hydrogen-bond acceptors (Lipinski definition) is 2. The maximum atomic E-state index is 7.48. The van der Waals surface area contributed by atoms with Crippen molar-refractivity contribution in [3.05, 3.63) is 33.8 Å². The molecule has 0 atom stereocenters. The van der Waals surface area contributed by atoms with Gasteiger partial charge in [-0.15, -0.1) is 0 Å². The zero-order chi connectivity index (χ0) is 10.6. The van der Waals surface area contributed by atoms with Gasteiger partial charge < -0.3 is 4.74 Å². The van der Waals surface area contributed by atoms with Gasteiger partial charge in [0.15, 0.2) is 5.90 Å². The van der Waals surface area contributed by atoms with E-state index >= 15 is 0 Å². The standard InChI is InChI=1S/C10H11Cl2NO/c1-2-14-10(13)6-7-8(11)4-3-5-9(7)12/h3-5,13H,2,6H2,1H3. The first-order chi connectivity index (χ1) is 6.65. The van der Waals surface area contributed by atoms with Crippen molar-refractivity contribution in [2.45, 2.75) is 13.3 Å². The Morgan fingerprint density at radius 2 is 1.93 bits per heavy atom. The fourth-order valence-electron chi connectivity index (χ4n) is 1.09. The number of hydrogen-bond donors (Lipinski definition) is 1. The van der Waals surface area contributed by atoms with Gasteiger partial charge in [0, 0.05) is 10.0 Å². The second-order valence-electron chi connectivity index (χ2n) is 2.73. The third-order valence-corrected chi connectivity index (χ3v) is 2.43. The molecule has 76 valence electrons. The minimum Gasteiger partial charge on any atom is -0.481 e. The third kappa shape index (κ3) is 2.89. The molecule has 0 saturated heterocycles. The summed E-state index contributed by atoms with van der Waals surface area (Å²) in [6.07, 6.45) is 0.340. The van der Waals surface area contributed by atoms with E-state index in [-0.39, 0.29) is 5.90 Å². The molecule has 0 saturated carbocycles. The summed E-state index contributed by atoms with van der Waals surface area (Å²) in [6, 6.07) is 5.28. The summed E-state index contributed by atoms with van der Waals surface area (Å²) in [5.74, 6) is 0.183. The highest BCUT2D eigenvalue weighted by atomic mass is 35.5. The Hall–Kier alpha value is -0.730. The summed E-state index contributed by atoms with van der Waals surface area (Å²) in [5.41, 5.74) is 0.745. The molecular formula is C10H11Cl2NO. The van der Waals surface area contributed by atoms with E-state index in [0.29, 0.717) is 23.1 Å². The normalized spacial score (nSPS) is 9.93. The lowest BCUT2D eigenvalue weighted by Crippen LogP contribution is -2.07. The molecule has 0 radical (unpaired) electrons. The maximum Gasteiger partial charge on any atom is 0.184 e. The minimum absolute atomic E-state index is 0.183. The van der Waals surface area contributed by atoms with Crippen molar-refractivity contribution in [3.8, 4) is 0 Å². The summed E-state index contributed by atoms with van der Waals surface area (Å²) in [4.78, 5) is 0. The van der Waals surface area contributed by atoms with E-state index in [1.165, 1.54) is 0 Å². The Bertz CT molecular complexity index is 319. The van der Waals surface area contributed by atoms with Crippen LogP contribution in [0.5, 0.6) is 0 Å². The van der Waals surface area contributed by atoms with E-state index < -0.39 is 0 Å². The third-order valence-electron chi connectivity index (χ3n) is 1.72. The summed E-state index contributed by atoms with van der Waals surface area (Å²) >= 11 is 11.9. The molecule has 14 heavy (non-hydrogen) atoms. The first kappa shape index (κ1) is 11.3. The van der Waals surface area contributed by atoms with Crippen LogP contribution in [0.1, 0.15) is 12.5 Å². The topological polar surface area (TPSA) is 33.1 Å². The molecule has 1 aromatic carbocycles. The lowest BCUT2D eigenvalue weighted by Gasteiger charge is -2.08. The molecule has 0 aromatic heterocycles. The predicted octanol–water partition coefficient (Wildman–Crippen LogP) is 3.55. The molecule has 4 heteroatoms. The van der Waals surface area contributed by atoms with E-state index in [2.05, 4.69) is 0 Å². The molecule has 1 aromatic rings. The summed E-state index contributed by atoms with van der Waals surface area (Å²) in [7, 11) is 0. The number of benzene rings is 1. The molecule has 0 aliphatic carbocycles. The van der Waals surface area contributed by atoms with Gasteiger partial charge in [0.1, 0.15) is 0 Å². The summed E-state index contributed by atoms with van der Waals surface area (Å²) in [6.45, 7) is 2.32. The predicted molar refractivity (Wildman–Crippen MR) is 59.5 cm³/mol. The molecule has 0 heterocycles. The highest BCUT2D eigenvalue weighted by Crippen LogP contribution is 2.24. The van der Waals surface area contributed by atoms with Crippen LogP contribution in [0.3, 0.4) is 0 Å². The summed E-state index contributed by atoms with van der Waals surface area (Å²) < 4.78 is 5.02. The highest BCUT2D eigenvalue weighted by Gasteiger charge is 2.08. The minimum atomic E-state index is 0.183. The molecule has 0 unspecified atom stereocenters. The van der Waals surface area contributed by atoms with Crippen molar-refractivity contribution in [2.24, 2.45) is 0 Å². The van der Waals surface area contributed by atoms with E-state index in [1.807, 2.05) is 6.92 Å². The van der Waals surface area contributed by atoms with Crippen LogP contribution in [0, 0.1) is 5.41 Å². The van der Waals surface area contributed by atoms with Gasteiger partial charge in [0.2, 0.25) is 0 Å². The fourth-order valence-corrected chi connectivity index (χ4v) is 1.62. The van der Waals surface area contributed by atoms with E-state index in [9.17, 15) is 0 Å². The molecule has 0 spiro atoms. The molecule has 2 nitrogen and oxygen atoms in total. The van der Waals surface area contributed by atoms with Crippen LogP contribution in [0.4, 0.5) is 0 Å². The Morgan fingerprint density at radius 1 is 1.36 bits per heavy atom. The van der Waals surface area contributed by atoms with Gasteiger partial charge in [-0.05, 0) is 24.6 Å². The van der Waals surface area contributed by atoms with Crippen LogP contribution in [0.25, 0.3) is 0 Å². The molecule has 1 N–H and O–H groups in total. The molecule has 0 bridgehead atoms. The Morgan fingerprint density at radius 3 is 2.43 bits per heavy atom. The molecule has 0 fully saturated rings. The molecule has 0 amide bonds. The first-order valence-corrected chi connectivity index (χ1v) is 5.03. The van der Waals surface area contributed by atoms with Gasteiger partial charge in [-0.2, -0.15) is 0 Å². The average molecular weight is 232 g/mol. The Balaban J connectivity index is 2.80. The van der Waals surface area contributed by atoms with Gasteiger partial charge in [0.25, 0.3) is 0 Å². The van der Waals surface area contributed by atoms with Crippen molar-refractivity contribution in [1.82, 2.24) is 0 Å². The lowest BCUT2D eigenvalue weighted by atomic mass is 10.1. The maximum absolute atomic E-state index is 7.48. The van der Waals surface area contributed by atoms with E-state index in [4.69, 9.17) is 33.3 Å². The van der Waals surface area contributed by atoms with Gasteiger partial charge in [-0.25, -0.2) is 0 Å². The second-order valence-corrected chi connectivity index (χ2v) is 3.55. The fraction of sp³-hybridized carbons (Fsp3) is 0.300. The number of halogens is 2. The van der Waals surface area contributed by atoms with Crippen LogP contribution in [0.15, 0.2) is 18.2 Å². The molecular weight excluding hydrogens is 221 g/mol. The Labute approximate surface area is 93.3 Å². The monoisotopic (exact) mass is 231 g/mol. The van der Waals surface area contributed by atoms with E-state index in [0.717, 1.165) is 5.56 Å². The number of rotatable bonds is 3. The Kier molecular flexibility index (Phi) is 4.23. The molecule has 0 aliphatic rings. The smallest absolute Gasteiger partial charge is 0.184 e. The van der Waals surface area contributed by atoms with Gasteiger partial charge in [0.05, 0.1) is 13.0 Å². The van der Waals surface area contributed by atoms with Crippen molar-refractivity contribution >= 4 is 29.1 Å². The zero-order valence-electron chi connectivity index (χ0n) is 7.81. The zero-order valence-corrected chi connectivity index (χ0v) is 9.32. The van der Waals surface area contributed by atoms with Crippen molar-refractivity contribution in [3.63, 3.8) is 0 Å². The van der Waals surface area contributed by atoms with Gasteiger partial charge in [-0.1, -0.05) is 29.3 Å². The largest absolute Gasteiger partial charge is 0.481 e. The molecule has 0 aliphatic heterocycles. The van der Waals surface area contributed by atoms with E-state index in [1.54, 1.807) is 18.2 Å². The SMILES string of the molecule is CCOC(=N)Cc1c(Cl)cccc1Cl. The van der Waals surface area contributed by atoms with Crippen LogP contribution in [-0.2, 0) is 11.2 Å². The van der Waals surface area contributed by atoms with Crippen LogP contribution in [0.2, 0.25) is 10.0 Å². The van der Waals surface area contributed by atoms with Crippen molar-refractivity contribution in [2.75, 3.05) is 6.61 Å². The summed E-state index contributed by atoms with van der Waals surface area (Å²) in [5, 5.41) is 8.62. The number of ether oxygens (including phenoxy) is 1. The lowest BCUT2D eigenvalue weighted by molar-refractivity contribution is 0.317. The van der Waals surface area contributed by atoms with Crippen LogP contribution < -0.4 is 0 Å². The van der Waals surface area contributed by atoms with Gasteiger partial charge in [-0.3, -0.25) is 5.41 Å². The molecule has 1 rings (SSSR count). The quantitative estimate of drug-likeness (QED) is 0.627. The average Bonchev–Trinajstić information content (AvgIpc) is 2.12. The second kappa shape index (κ2) is 5.23. The highest BCUT2D eigenvalue weighted by molar-refractivity contribution is 6.36.